The van der Waals surface area contributed by atoms with Gasteiger partial charge in [0.1, 0.15) is 5.82 Å². The van der Waals surface area contributed by atoms with E-state index in [2.05, 4.69) is 29.8 Å². The van der Waals surface area contributed by atoms with Gasteiger partial charge in [0.05, 0.1) is 5.69 Å². The summed E-state index contributed by atoms with van der Waals surface area (Å²) >= 11 is 0. The van der Waals surface area contributed by atoms with Crippen LogP contribution >= 0.6 is 0 Å². The van der Waals surface area contributed by atoms with Gasteiger partial charge in [-0.1, -0.05) is 26.7 Å². The van der Waals surface area contributed by atoms with Crippen LogP contribution in [0.4, 0.5) is 14.9 Å². The molecule has 0 saturated heterocycles. The number of anilines is 1. The lowest BCUT2D eigenvalue weighted by Gasteiger charge is -2.65. The zero-order chi connectivity index (χ0) is 26.0. The predicted octanol–water partition coefficient (Wildman–Crippen LogP) is 4.88. The molecule has 0 spiro atoms. The Balaban J connectivity index is 1.24. The zero-order valence-corrected chi connectivity index (χ0v) is 21.3. The quantitative estimate of drug-likeness (QED) is 0.178. The Morgan fingerprint density at radius 1 is 1.00 bits per heavy atom. The highest BCUT2D eigenvalue weighted by Gasteiger charge is 2.60. The van der Waals surface area contributed by atoms with Gasteiger partial charge in [-0.3, -0.25) is 14.8 Å². The molecule has 2 unspecified atom stereocenters. The third-order valence-electron chi connectivity index (χ3n) is 8.23. The fourth-order valence-electron chi connectivity index (χ4n) is 7.86. The van der Waals surface area contributed by atoms with Crippen molar-refractivity contribution in [3.05, 3.63) is 29.6 Å². The normalized spacial score (nSPS) is 30.1. The average Bonchev–Trinajstić information content (AvgIpc) is 2.76. The molecule has 4 aliphatic carbocycles. The van der Waals surface area contributed by atoms with Gasteiger partial charge >= 0.3 is 6.03 Å². The molecule has 9 heteroatoms. The van der Waals surface area contributed by atoms with Crippen LogP contribution in [0.3, 0.4) is 0 Å². The van der Waals surface area contributed by atoms with Crippen LogP contribution in [0, 0.1) is 22.6 Å². The molecule has 4 atom stereocenters. The third-order valence-corrected chi connectivity index (χ3v) is 8.23. The minimum Gasteiger partial charge on any atom is -0.352 e. The first-order chi connectivity index (χ1) is 17.0. The molecule has 8 nitrogen and oxygen atoms in total. The topological polar surface area (TPSA) is 120 Å². The first kappa shape index (κ1) is 26.4. The molecule has 1 aromatic rings. The van der Waals surface area contributed by atoms with Crippen LogP contribution in [0.25, 0.3) is 0 Å². The standard InChI is InChI=1S/C27H39FN4O4/c1-25-12-18-13-26(2,15-25)17-27(14-18,16-25)31-24(35)30-21-9-8-19(11-20(21)28)23(34)29-10-6-4-3-5-7-22(33)32-36/h8-9,11,18,36H,3-7,10,12-17H2,1-2H3,(H,29,34)(H,32,33)(H2,30,31,35)/t18?,25-,26+,27?. The fraction of sp³-hybridized carbons (Fsp3) is 0.667. The molecule has 0 aromatic heterocycles. The summed E-state index contributed by atoms with van der Waals surface area (Å²) in [5.41, 5.74) is 2.14. The lowest BCUT2D eigenvalue weighted by molar-refractivity contribution is -0.129. The maximum Gasteiger partial charge on any atom is 0.319 e. The molecule has 36 heavy (non-hydrogen) atoms. The van der Waals surface area contributed by atoms with E-state index >= 15 is 0 Å². The van der Waals surface area contributed by atoms with E-state index in [1.54, 1.807) is 5.48 Å². The van der Waals surface area contributed by atoms with Gasteiger partial charge in [0.15, 0.2) is 0 Å². The Morgan fingerprint density at radius 2 is 1.69 bits per heavy atom. The number of halogens is 1. The van der Waals surface area contributed by atoms with Crippen LogP contribution in [0.2, 0.25) is 0 Å². The number of nitrogens with one attached hydrogen (secondary N) is 4. The van der Waals surface area contributed by atoms with Crippen LogP contribution in [-0.2, 0) is 4.79 Å². The van der Waals surface area contributed by atoms with Crippen molar-refractivity contribution < 1.29 is 24.0 Å². The maximum absolute atomic E-state index is 14.7. The van der Waals surface area contributed by atoms with E-state index < -0.39 is 17.8 Å². The number of carbonyl (C=O) groups excluding carboxylic acids is 3. The summed E-state index contributed by atoms with van der Waals surface area (Å²) in [4.78, 5) is 36.2. The van der Waals surface area contributed by atoms with E-state index in [-0.39, 0.29) is 39.9 Å². The monoisotopic (exact) mass is 502 g/mol. The van der Waals surface area contributed by atoms with Crippen molar-refractivity contribution in [3.63, 3.8) is 0 Å². The van der Waals surface area contributed by atoms with Gasteiger partial charge in [0, 0.05) is 24.1 Å². The van der Waals surface area contributed by atoms with Crippen LogP contribution in [-0.4, -0.2) is 35.1 Å². The van der Waals surface area contributed by atoms with Crippen molar-refractivity contribution in [2.45, 2.75) is 90.0 Å². The predicted molar refractivity (Wildman–Crippen MR) is 134 cm³/mol. The molecule has 5 rings (SSSR count). The number of amides is 4. The molecular formula is C27H39FN4O4. The van der Waals surface area contributed by atoms with Crippen LogP contribution < -0.4 is 21.4 Å². The summed E-state index contributed by atoms with van der Waals surface area (Å²) in [6.07, 6.45) is 9.90. The number of hydrogen-bond acceptors (Lipinski definition) is 4. The van der Waals surface area contributed by atoms with Crippen molar-refractivity contribution in [1.82, 2.24) is 16.1 Å². The highest BCUT2D eigenvalue weighted by molar-refractivity contribution is 5.95. The molecule has 4 fully saturated rings. The largest absolute Gasteiger partial charge is 0.352 e. The Hall–Kier alpha value is -2.68. The van der Waals surface area contributed by atoms with Gasteiger partial charge in [-0.15, -0.1) is 0 Å². The van der Waals surface area contributed by atoms with Crippen molar-refractivity contribution in [3.8, 4) is 0 Å². The SMILES string of the molecule is C[C@]12CC3CC(NC(=O)Nc4ccc(C(=O)NCCCCCCC(=O)NO)cc4F)(C1)C[C@@](C)(C3)C2. The molecule has 0 heterocycles. The molecule has 4 saturated carbocycles. The van der Waals surface area contributed by atoms with Crippen molar-refractivity contribution in [2.75, 3.05) is 11.9 Å². The number of urea groups is 1. The Kier molecular flexibility index (Phi) is 7.59. The molecule has 4 amide bonds. The molecule has 4 bridgehead atoms. The smallest absolute Gasteiger partial charge is 0.319 e. The Morgan fingerprint density at radius 3 is 2.33 bits per heavy atom. The second-order valence-electron chi connectivity index (χ2n) is 12.1. The molecule has 0 radical (unpaired) electrons. The highest BCUT2D eigenvalue weighted by atomic mass is 19.1. The summed E-state index contributed by atoms with van der Waals surface area (Å²) in [5, 5.41) is 17.1. The number of unbranched alkanes of at least 4 members (excludes halogenated alkanes) is 3. The van der Waals surface area contributed by atoms with Gasteiger partial charge in [0.2, 0.25) is 5.91 Å². The molecule has 0 aliphatic heterocycles. The third kappa shape index (κ3) is 6.17. The number of rotatable bonds is 10. The van der Waals surface area contributed by atoms with Crippen LogP contribution in [0.15, 0.2) is 18.2 Å². The summed E-state index contributed by atoms with van der Waals surface area (Å²) in [6, 6.07) is 3.69. The van der Waals surface area contributed by atoms with Gasteiger partial charge in [-0.2, -0.15) is 0 Å². The van der Waals surface area contributed by atoms with E-state index in [1.165, 1.54) is 31.4 Å². The van der Waals surface area contributed by atoms with Gasteiger partial charge in [-0.05, 0) is 86.3 Å². The van der Waals surface area contributed by atoms with Crippen molar-refractivity contribution in [1.29, 1.82) is 0 Å². The molecule has 198 valence electrons. The second kappa shape index (κ2) is 10.4. The Bertz CT molecular complexity index is 997. The lowest BCUT2D eigenvalue weighted by atomic mass is 9.43. The molecule has 1 aromatic carbocycles. The number of benzene rings is 1. The van der Waals surface area contributed by atoms with Crippen LogP contribution in [0.1, 0.15) is 94.8 Å². The second-order valence-corrected chi connectivity index (χ2v) is 12.1. The first-order valence-corrected chi connectivity index (χ1v) is 13.1. The highest BCUT2D eigenvalue weighted by Crippen LogP contribution is 2.66. The van der Waals surface area contributed by atoms with E-state index in [1.807, 2.05) is 0 Å². The van der Waals surface area contributed by atoms with E-state index in [0.717, 1.165) is 44.6 Å². The van der Waals surface area contributed by atoms with Gasteiger partial charge in [-0.25, -0.2) is 14.7 Å². The summed E-state index contributed by atoms with van der Waals surface area (Å²) in [5.74, 6) is -0.792. The molecular weight excluding hydrogens is 463 g/mol. The Labute approximate surface area is 212 Å². The fourth-order valence-corrected chi connectivity index (χ4v) is 7.86. The molecule has 5 N–H and O–H groups in total. The molecule has 4 aliphatic rings. The lowest BCUT2D eigenvalue weighted by Crippen LogP contribution is -2.65. The number of hydrogen-bond donors (Lipinski definition) is 5. The average molecular weight is 503 g/mol. The minimum absolute atomic E-state index is 0.0538. The zero-order valence-electron chi connectivity index (χ0n) is 21.3. The van der Waals surface area contributed by atoms with Crippen molar-refractivity contribution >= 4 is 23.5 Å². The number of carbonyl (C=O) groups is 3. The minimum atomic E-state index is -0.649. The van der Waals surface area contributed by atoms with E-state index in [4.69, 9.17) is 5.21 Å². The summed E-state index contributed by atoms with van der Waals surface area (Å²) in [6.45, 7) is 5.12. The number of hydroxylamine groups is 1. The van der Waals surface area contributed by atoms with E-state index in [9.17, 15) is 18.8 Å². The van der Waals surface area contributed by atoms with E-state index in [0.29, 0.717) is 18.9 Å². The summed E-state index contributed by atoms with van der Waals surface area (Å²) < 4.78 is 14.7. The van der Waals surface area contributed by atoms with Gasteiger partial charge in [0.25, 0.3) is 5.91 Å². The summed E-state index contributed by atoms with van der Waals surface area (Å²) in [7, 11) is 0. The first-order valence-electron chi connectivity index (χ1n) is 13.1. The maximum atomic E-state index is 14.7. The van der Waals surface area contributed by atoms with Crippen molar-refractivity contribution in [2.24, 2.45) is 16.7 Å². The van der Waals surface area contributed by atoms with Gasteiger partial charge < -0.3 is 16.0 Å². The van der Waals surface area contributed by atoms with Crippen LogP contribution in [0.5, 0.6) is 0 Å².